The molecule has 0 amide bonds. The van der Waals surface area contributed by atoms with Gasteiger partial charge in [-0.1, -0.05) is 33.6 Å². The van der Waals surface area contributed by atoms with E-state index in [1.807, 2.05) is 12.1 Å². The van der Waals surface area contributed by atoms with Gasteiger partial charge in [0.15, 0.2) is 0 Å². The Morgan fingerprint density at radius 1 is 1.36 bits per heavy atom. The standard InChI is InChI=1S/C10H12BrClN2/c11-9-5-7(12)1-2-8(9)10-6-13-3-4-14-10/h1-2,5,10,13-14H,3-4,6H2/t10-/m1/s1. The molecule has 14 heavy (non-hydrogen) atoms. The van der Waals surface area contributed by atoms with Crippen molar-refractivity contribution in [2.24, 2.45) is 0 Å². The molecule has 1 aromatic carbocycles. The average Bonchev–Trinajstić information content (AvgIpc) is 2.19. The number of piperazine rings is 1. The molecule has 2 nitrogen and oxygen atoms in total. The maximum atomic E-state index is 5.89. The normalized spacial score (nSPS) is 22.3. The molecule has 0 aliphatic carbocycles. The summed E-state index contributed by atoms with van der Waals surface area (Å²) in [5.74, 6) is 0. The molecule has 2 N–H and O–H groups in total. The van der Waals surface area contributed by atoms with Gasteiger partial charge in [0.1, 0.15) is 0 Å². The number of benzene rings is 1. The fourth-order valence-electron chi connectivity index (χ4n) is 1.66. The third kappa shape index (κ3) is 2.28. The summed E-state index contributed by atoms with van der Waals surface area (Å²) < 4.78 is 1.08. The van der Waals surface area contributed by atoms with E-state index in [0.29, 0.717) is 6.04 Å². The van der Waals surface area contributed by atoms with Crippen LogP contribution in [0.25, 0.3) is 0 Å². The molecule has 4 heteroatoms. The first-order chi connectivity index (χ1) is 6.77. The Morgan fingerprint density at radius 3 is 2.86 bits per heavy atom. The van der Waals surface area contributed by atoms with Crippen LogP contribution >= 0.6 is 27.5 Å². The summed E-state index contributed by atoms with van der Waals surface area (Å²) in [7, 11) is 0. The zero-order chi connectivity index (χ0) is 9.97. The third-order valence-electron chi connectivity index (χ3n) is 2.38. The molecule has 2 rings (SSSR count). The first kappa shape index (κ1) is 10.4. The Morgan fingerprint density at radius 2 is 2.21 bits per heavy atom. The van der Waals surface area contributed by atoms with Gasteiger partial charge >= 0.3 is 0 Å². The first-order valence-electron chi connectivity index (χ1n) is 4.66. The second kappa shape index (κ2) is 4.62. The zero-order valence-corrected chi connectivity index (χ0v) is 10.0. The lowest BCUT2D eigenvalue weighted by Gasteiger charge is -2.25. The number of rotatable bonds is 1. The molecule has 1 aliphatic heterocycles. The third-order valence-corrected chi connectivity index (χ3v) is 3.30. The maximum Gasteiger partial charge on any atom is 0.0458 e. The van der Waals surface area contributed by atoms with Gasteiger partial charge in [-0.05, 0) is 17.7 Å². The van der Waals surface area contributed by atoms with Crippen molar-refractivity contribution in [3.63, 3.8) is 0 Å². The number of hydrogen-bond donors (Lipinski definition) is 2. The van der Waals surface area contributed by atoms with Gasteiger partial charge in [0.25, 0.3) is 0 Å². The molecule has 1 atom stereocenters. The summed E-state index contributed by atoms with van der Waals surface area (Å²) in [6.45, 7) is 3.03. The summed E-state index contributed by atoms with van der Waals surface area (Å²) in [6, 6.07) is 6.32. The van der Waals surface area contributed by atoms with E-state index in [-0.39, 0.29) is 0 Å². The molecular formula is C10H12BrClN2. The highest BCUT2D eigenvalue weighted by Gasteiger charge is 2.16. The van der Waals surface area contributed by atoms with Crippen molar-refractivity contribution in [3.8, 4) is 0 Å². The van der Waals surface area contributed by atoms with Crippen LogP contribution in [0, 0.1) is 0 Å². The van der Waals surface area contributed by atoms with Crippen LogP contribution in [0.5, 0.6) is 0 Å². The van der Waals surface area contributed by atoms with E-state index < -0.39 is 0 Å². The second-order valence-corrected chi connectivity index (χ2v) is 4.67. The lowest BCUT2D eigenvalue weighted by Crippen LogP contribution is -2.42. The van der Waals surface area contributed by atoms with Crippen molar-refractivity contribution >= 4 is 27.5 Å². The largest absolute Gasteiger partial charge is 0.314 e. The van der Waals surface area contributed by atoms with E-state index in [1.54, 1.807) is 0 Å². The van der Waals surface area contributed by atoms with Crippen molar-refractivity contribution in [2.45, 2.75) is 6.04 Å². The topological polar surface area (TPSA) is 24.1 Å². The minimum Gasteiger partial charge on any atom is -0.314 e. The number of hydrogen-bond acceptors (Lipinski definition) is 2. The summed E-state index contributed by atoms with van der Waals surface area (Å²) in [5.41, 5.74) is 1.27. The first-order valence-corrected chi connectivity index (χ1v) is 5.83. The summed E-state index contributed by atoms with van der Waals surface area (Å²) in [4.78, 5) is 0. The molecule has 0 unspecified atom stereocenters. The van der Waals surface area contributed by atoms with Crippen LogP contribution in [-0.2, 0) is 0 Å². The van der Waals surface area contributed by atoms with E-state index in [4.69, 9.17) is 11.6 Å². The van der Waals surface area contributed by atoms with Crippen LogP contribution in [0.3, 0.4) is 0 Å². The van der Waals surface area contributed by atoms with Crippen LogP contribution in [0.1, 0.15) is 11.6 Å². The summed E-state index contributed by atoms with van der Waals surface area (Å²) in [6.07, 6.45) is 0. The van der Waals surface area contributed by atoms with E-state index >= 15 is 0 Å². The summed E-state index contributed by atoms with van der Waals surface area (Å²) in [5, 5.41) is 7.59. The van der Waals surface area contributed by atoms with Gasteiger partial charge in [-0.25, -0.2) is 0 Å². The van der Waals surface area contributed by atoms with E-state index in [0.717, 1.165) is 29.1 Å². The van der Waals surface area contributed by atoms with Crippen molar-refractivity contribution < 1.29 is 0 Å². The monoisotopic (exact) mass is 274 g/mol. The van der Waals surface area contributed by atoms with E-state index in [9.17, 15) is 0 Å². The van der Waals surface area contributed by atoms with Crippen LogP contribution in [0.4, 0.5) is 0 Å². The van der Waals surface area contributed by atoms with Gasteiger partial charge in [0.05, 0.1) is 0 Å². The zero-order valence-electron chi connectivity index (χ0n) is 7.69. The fraction of sp³-hybridized carbons (Fsp3) is 0.400. The van der Waals surface area contributed by atoms with Gasteiger partial charge in [0, 0.05) is 35.2 Å². The predicted octanol–water partition coefficient (Wildman–Crippen LogP) is 2.34. The Kier molecular flexibility index (Phi) is 3.44. The molecule has 1 aromatic rings. The Balaban J connectivity index is 2.22. The molecule has 0 saturated carbocycles. The van der Waals surface area contributed by atoms with Crippen LogP contribution in [-0.4, -0.2) is 19.6 Å². The van der Waals surface area contributed by atoms with Crippen molar-refractivity contribution in [1.29, 1.82) is 0 Å². The van der Waals surface area contributed by atoms with Gasteiger partial charge in [-0.3, -0.25) is 0 Å². The number of halogens is 2. The highest BCUT2D eigenvalue weighted by molar-refractivity contribution is 9.10. The quantitative estimate of drug-likeness (QED) is 0.822. The van der Waals surface area contributed by atoms with Gasteiger partial charge in [-0.15, -0.1) is 0 Å². The highest BCUT2D eigenvalue weighted by atomic mass is 79.9. The molecule has 0 radical (unpaired) electrons. The van der Waals surface area contributed by atoms with Gasteiger partial charge < -0.3 is 10.6 Å². The van der Waals surface area contributed by atoms with E-state index in [1.165, 1.54) is 5.56 Å². The minimum atomic E-state index is 0.385. The molecule has 0 spiro atoms. The highest BCUT2D eigenvalue weighted by Crippen LogP contribution is 2.26. The molecular weight excluding hydrogens is 263 g/mol. The molecule has 0 bridgehead atoms. The smallest absolute Gasteiger partial charge is 0.0458 e. The van der Waals surface area contributed by atoms with Crippen molar-refractivity contribution in [1.82, 2.24) is 10.6 Å². The summed E-state index contributed by atoms with van der Waals surface area (Å²) >= 11 is 9.42. The maximum absolute atomic E-state index is 5.89. The van der Waals surface area contributed by atoms with Crippen molar-refractivity contribution in [3.05, 3.63) is 33.3 Å². The Hall–Kier alpha value is -0.0900. The Labute approximate surface area is 97.2 Å². The molecule has 1 saturated heterocycles. The van der Waals surface area contributed by atoms with Crippen molar-refractivity contribution in [2.75, 3.05) is 19.6 Å². The predicted molar refractivity (Wildman–Crippen MR) is 62.8 cm³/mol. The minimum absolute atomic E-state index is 0.385. The van der Waals surface area contributed by atoms with Crippen LogP contribution in [0.2, 0.25) is 5.02 Å². The fourth-order valence-corrected chi connectivity index (χ4v) is 2.62. The van der Waals surface area contributed by atoms with E-state index in [2.05, 4.69) is 32.6 Å². The molecule has 0 aromatic heterocycles. The van der Waals surface area contributed by atoms with Crippen LogP contribution < -0.4 is 10.6 Å². The molecule has 76 valence electrons. The second-order valence-electron chi connectivity index (χ2n) is 3.38. The van der Waals surface area contributed by atoms with Gasteiger partial charge in [0.2, 0.25) is 0 Å². The lowest BCUT2D eigenvalue weighted by molar-refractivity contribution is 0.429. The van der Waals surface area contributed by atoms with Crippen LogP contribution in [0.15, 0.2) is 22.7 Å². The Bertz CT molecular complexity index is 324. The number of nitrogens with one attached hydrogen (secondary N) is 2. The average molecular weight is 276 g/mol. The molecule has 1 heterocycles. The molecule has 1 fully saturated rings. The lowest BCUT2D eigenvalue weighted by atomic mass is 10.1. The van der Waals surface area contributed by atoms with Gasteiger partial charge in [-0.2, -0.15) is 0 Å². The SMILES string of the molecule is Clc1ccc([C@H]2CNCCN2)c(Br)c1. The molecule has 1 aliphatic rings.